The van der Waals surface area contributed by atoms with Crippen molar-refractivity contribution in [2.75, 3.05) is 48.9 Å². The Bertz CT molecular complexity index is 1270. The zero-order valence-electron chi connectivity index (χ0n) is 18.6. The van der Waals surface area contributed by atoms with E-state index >= 15 is 0 Å². The van der Waals surface area contributed by atoms with E-state index in [1.807, 2.05) is 43.4 Å². The molecule has 0 aliphatic carbocycles. The Balaban J connectivity index is 1.49. The smallest absolute Gasteiger partial charge is 0.228 e. The standard InChI is InChI=1S/C23H24N10O/c1-25-19-10-16(13-26-20(19)12-24)18-11-21(31-23(30-18)33-6-8-34-9-7-33)29-17-4-2-15(3-5-17)22-27-14-28-32-22/h2-5,10-14,24-25H,6-9H2,1H3,(H,27,28,32)(H,29,30,31). The minimum atomic E-state index is 0.568. The zero-order chi connectivity index (χ0) is 23.3. The topological polar surface area (TPSA) is 141 Å². The maximum Gasteiger partial charge on any atom is 0.228 e. The fourth-order valence-electron chi connectivity index (χ4n) is 3.69. The second-order valence-electron chi connectivity index (χ2n) is 7.63. The molecule has 4 heterocycles. The van der Waals surface area contributed by atoms with Crippen LogP contribution in [0.25, 0.3) is 22.6 Å². The first kappa shape index (κ1) is 21.5. The van der Waals surface area contributed by atoms with Gasteiger partial charge in [0, 0.05) is 55.4 Å². The van der Waals surface area contributed by atoms with E-state index in [4.69, 9.17) is 20.1 Å². The van der Waals surface area contributed by atoms with Gasteiger partial charge in [-0.05, 0) is 30.3 Å². The molecular weight excluding hydrogens is 432 g/mol. The number of hydrogen-bond acceptors (Lipinski definition) is 10. The second kappa shape index (κ2) is 9.63. The van der Waals surface area contributed by atoms with Gasteiger partial charge in [-0.1, -0.05) is 0 Å². The number of nitrogens with zero attached hydrogens (tertiary/aromatic N) is 6. The van der Waals surface area contributed by atoms with E-state index in [9.17, 15) is 0 Å². The molecule has 0 radical (unpaired) electrons. The van der Waals surface area contributed by atoms with Crippen molar-refractivity contribution in [1.82, 2.24) is 30.1 Å². The molecule has 5 rings (SSSR count). The summed E-state index contributed by atoms with van der Waals surface area (Å²) in [5.74, 6) is 2.01. The molecule has 0 atom stereocenters. The van der Waals surface area contributed by atoms with Crippen molar-refractivity contribution in [3.8, 4) is 22.6 Å². The Kier molecular flexibility index (Phi) is 6.08. The highest BCUT2D eigenvalue weighted by Crippen LogP contribution is 2.28. The van der Waals surface area contributed by atoms with Gasteiger partial charge in [0.25, 0.3) is 0 Å². The summed E-state index contributed by atoms with van der Waals surface area (Å²) in [7, 11) is 1.81. The molecular formula is C23H24N10O. The molecule has 1 aliphatic heterocycles. The van der Waals surface area contributed by atoms with Gasteiger partial charge in [0.15, 0.2) is 5.82 Å². The number of benzene rings is 1. The van der Waals surface area contributed by atoms with Crippen LogP contribution in [0.5, 0.6) is 0 Å². The highest BCUT2D eigenvalue weighted by molar-refractivity contribution is 5.85. The number of aromatic amines is 1. The minimum absolute atomic E-state index is 0.568. The number of pyridine rings is 1. The third-order valence-electron chi connectivity index (χ3n) is 5.47. The Morgan fingerprint density at radius 3 is 2.59 bits per heavy atom. The van der Waals surface area contributed by atoms with Crippen LogP contribution in [0, 0.1) is 5.41 Å². The summed E-state index contributed by atoms with van der Waals surface area (Å²) in [6.45, 7) is 2.72. The molecule has 4 N–H and O–H groups in total. The van der Waals surface area contributed by atoms with Crippen molar-refractivity contribution < 1.29 is 4.74 Å². The Morgan fingerprint density at radius 2 is 1.88 bits per heavy atom. The van der Waals surface area contributed by atoms with Crippen LogP contribution in [-0.2, 0) is 4.74 Å². The molecule has 11 heteroatoms. The monoisotopic (exact) mass is 456 g/mol. The third-order valence-corrected chi connectivity index (χ3v) is 5.47. The van der Waals surface area contributed by atoms with Crippen LogP contribution in [0.4, 0.5) is 23.1 Å². The van der Waals surface area contributed by atoms with E-state index in [0.29, 0.717) is 36.5 Å². The molecule has 172 valence electrons. The molecule has 0 spiro atoms. The van der Waals surface area contributed by atoms with Gasteiger partial charge in [0.05, 0.1) is 24.6 Å². The van der Waals surface area contributed by atoms with E-state index in [1.54, 1.807) is 6.20 Å². The molecule has 1 aromatic carbocycles. The van der Waals surface area contributed by atoms with Gasteiger partial charge in [-0.2, -0.15) is 10.1 Å². The lowest BCUT2D eigenvalue weighted by Gasteiger charge is -2.27. The number of H-pyrrole nitrogens is 1. The van der Waals surface area contributed by atoms with Gasteiger partial charge >= 0.3 is 0 Å². The number of hydrogen-bond donors (Lipinski definition) is 4. The molecule has 1 saturated heterocycles. The summed E-state index contributed by atoms with van der Waals surface area (Å²) < 4.78 is 5.50. The van der Waals surface area contributed by atoms with Crippen molar-refractivity contribution >= 4 is 29.4 Å². The van der Waals surface area contributed by atoms with Crippen molar-refractivity contribution in [2.45, 2.75) is 0 Å². The van der Waals surface area contributed by atoms with Crippen LogP contribution < -0.4 is 15.5 Å². The van der Waals surface area contributed by atoms with Gasteiger partial charge < -0.3 is 25.7 Å². The van der Waals surface area contributed by atoms with Crippen LogP contribution in [0.1, 0.15) is 5.69 Å². The number of morpholine rings is 1. The molecule has 34 heavy (non-hydrogen) atoms. The van der Waals surface area contributed by atoms with Gasteiger partial charge in [-0.3, -0.25) is 10.1 Å². The number of nitrogens with one attached hydrogen (secondary N) is 4. The lowest BCUT2D eigenvalue weighted by Crippen LogP contribution is -2.37. The summed E-state index contributed by atoms with van der Waals surface area (Å²) in [6.07, 6.45) is 4.44. The Hall–Kier alpha value is -4.38. The molecule has 0 unspecified atom stereocenters. The summed E-state index contributed by atoms with van der Waals surface area (Å²) in [5.41, 5.74) is 4.72. The zero-order valence-corrected chi connectivity index (χ0v) is 18.6. The normalized spacial score (nSPS) is 13.5. The number of anilines is 4. The van der Waals surface area contributed by atoms with E-state index in [-0.39, 0.29) is 0 Å². The van der Waals surface area contributed by atoms with E-state index in [1.165, 1.54) is 12.5 Å². The predicted octanol–water partition coefficient (Wildman–Crippen LogP) is 2.94. The van der Waals surface area contributed by atoms with Gasteiger partial charge in [0.2, 0.25) is 5.95 Å². The molecule has 1 aliphatic rings. The highest BCUT2D eigenvalue weighted by Gasteiger charge is 2.17. The van der Waals surface area contributed by atoms with Crippen LogP contribution in [0.15, 0.2) is 48.9 Å². The first-order valence-electron chi connectivity index (χ1n) is 10.9. The SMILES string of the molecule is CNc1cc(-c2cc(Nc3ccc(-c4ncn[nH]4)cc3)nc(N3CCOCC3)n2)cnc1C=N. The van der Waals surface area contributed by atoms with E-state index < -0.39 is 0 Å². The third kappa shape index (κ3) is 4.55. The van der Waals surface area contributed by atoms with E-state index in [0.717, 1.165) is 41.3 Å². The summed E-state index contributed by atoms with van der Waals surface area (Å²) in [6, 6.07) is 11.7. The maximum atomic E-state index is 7.56. The predicted molar refractivity (Wildman–Crippen MR) is 131 cm³/mol. The highest BCUT2D eigenvalue weighted by atomic mass is 16.5. The molecule has 11 nitrogen and oxygen atoms in total. The maximum absolute atomic E-state index is 7.56. The summed E-state index contributed by atoms with van der Waals surface area (Å²) >= 11 is 0. The van der Waals surface area contributed by atoms with Crippen molar-refractivity contribution in [3.05, 3.63) is 54.6 Å². The Labute approximate surface area is 196 Å². The first-order valence-corrected chi connectivity index (χ1v) is 10.9. The van der Waals surface area contributed by atoms with Gasteiger partial charge in [0.1, 0.15) is 17.8 Å². The molecule has 4 aromatic rings. The quantitative estimate of drug-likeness (QED) is 0.309. The average Bonchev–Trinajstić information content (AvgIpc) is 3.44. The fourth-order valence-corrected chi connectivity index (χ4v) is 3.69. The van der Waals surface area contributed by atoms with Crippen molar-refractivity contribution in [3.63, 3.8) is 0 Å². The fraction of sp³-hybridized carbons (Fsp3) is 0.217. The van der Waals surface area contributed by atoms with Crippen LogP contribution in [0.3, 0.4) is 0 Å². The van der Waals surface area contributed by atoms with Crippen molar-refractivity contribution in [2.24, 2.45) is 0 Å². The van der Waals surface area contributed by atoms with Crippen molar-refractivity contribution in [1.29, 1.82) is 5.41 Å². The molecule has 1 fully saturated rings. The minimum Gasteiger partial charge on any atom is -0.386 e. The molecule has 3 aromatic heterocycles. The van der Waals surface area contributed by atoms with Crippen LogP contribution in [0.2, 0.25) is 0 Å². The number of ether oxygens (including phenoxy) is 1. The molecule has 0 bridgehead atoms. The van der Waals surface area contributed by atoms with Gasteiger partial charge in [-0.25, -0.2) is 9.97 Å². The number of aromatic nitrogens is 6. The van der Waals surface area contributed by atoms with Crippen LogP contribution >= 0.6 is 0 Å². The first-order chi connectivity index (χ1) is 16.7. The van der Waals surface area contributed by atoms with Crippen LogP contribution in [-0.4, -0.2) is 69.7 Å². The lowest BCUT2D eigenvalue weighted by atomic mass is 10.1. The molecule has 0 saturated carbocycles. The van der Waals surface area contributed by atoms with E-state index in [2.05, 4.69) is 35.7 Å². The van der Waals surface area contributed by atoms with Gasteiger partial charge in [-0.15, -0.1) is 0 Å². The lowest BCUT2D eigenvalue weighted by molar-refractivity contribution is 0.122. The summed E-state index contributed by atoms with van der Waals surface area (Å²) in [4.78, 5) is 20.3. The summed E-state index contributed by atoms with van der Waals surface area (Å²) in [5, 5.41) is 20.8. The Morgan fingerprint density at radius 1 is 1.06 bits per heavy atom. The second-order valence-corrected chi connectivity index (χ2v) is 7.63. The average molecular weight is 457 g/mol. The number of rotatable bonds is 7. The largest absolute Gasteiger partial charge is 0.386 e. The molecule has 0 amide bonds.